The third-order valence-corrected chi connectivity index (χ3v) is 2.56. The van der Waals surface area contributed by atoms with E-state index in [1.807, 2.05) is 0 Å². The van der Waals surface area contributed by atoms with Crippen molar-refractivity contribution < 1.29 is 8.42 Å². The zero-order chi connectivity index (χ0) is 4.99. The monoisotopic (exact) mass is 124 g/mol. The van der Waals surface area contributed by atoms with Crippen LogP contribution in [0.3, 0.4) is 0 Å². The molecule has 0 atom stereocenters. The number of thiol groups is 1. The second-order valence-electron chi connectivity index (χ2n) is 1.06. The number of hydrogen-bond donors (Lipinski definition) is 1. The molecular weight excluding hydrogens is 116 g/mol. The Morgan fingerprint density at radius 1 is 1.50 bits per heavy atom. The first-order valence-corrected chi connectivity index (χ1v) is 4.67. The van der Waals surface area contributed by atoms with Crippen LogP contribution in [0.5, 0.6) is 0 Å². The Morgan fingerprint density at radius 3 is 2.00 bits per heavy atom. The minimum atomic E-state index is -2.07. The first-order chi connectivity index (χ1) is 2.77. The Hall–Kier alpha value is 0.167. The Bertz CT molecular complexity index is 79.5. The summed E-state index contributed by atoms with van der Waals surface area (Å²) in [6.07, 6.45) is 0. The Morgan fingerprint density at radius 2 is 2.00 bits per heavy atom. The molecule has 0 aliphatic rings. The molecule has 0 amide bonds. The molecule has 0 aliphatic carbocycles. The Labute approximate surface area is 41.9 Å². The van der Waals surface area contributed by atoms with Crippen molar-refractivity contribution in [3.05, 3.63) is 0 Å². The molecule has 0 spiro atoms. The van der Waals surface area contributed by atoms with E-state index in [2.05, 4.69) is 0 Å². The second kappa shape index (κ2) is 3.36. The van der Waals surface area contributed by atoms with Crippen molar-refractivity contribution in [2.75, 3.05) is 5.75 Å². The van der Waals surface area contributed by atoms with Crippen LogP contribution < -0.4 is 0 Å². The summed E-state index contributed by atoms with van der Waals surface area (Å²) < 4.78 is 19.3. The van der Waals surface area contributed by atoms with E-state index in [0.29, 0.717) is 5.75 Å². The molecule has 4 heteroatoms. The van der Waals surface area contributed by atoms with Gasteiger partial charge in [-0.05, 0) is 0 Å². The van der Waals surface area contributed by atoms with Crippen LogP contribution >= 0.6 is 0 Å². The fourth-order valence-electron chi connectivity index (χ4n) is 0.183. The molecule has 0 N–H and O–H groups in total. The van der Waals surface area contributed by atoms with E-state index in [1.165, 1.54) is 0 Å². The van der Waals surface area contributed by atoms with Gasteiger partial charge in [-0.15, -0.1) is 0 Å². The summed E-state index contributed by atoms with van der Waals surface area (Å²) >= 11 is 0. The molecule has 0 saturated heterocycles. The predicted octanol–water partition coefficient (Wildman–Crippen LogP) is -1.62. The maximum atomic E-state index is 9.66. The summed E-state index contributed by atoms with van der Waals surface area (Å²) in [6, 6.07) is 0.874. The van der Waals surface area contributed by atoms with Gasteiger partial charge in [0.1, 0.15) is 10.7 Å². The van der Waals surface area contributed by atoms with Crippen molar-refractivity contribution in [3.63, 3.8) is 0 Å². The standard InChI is InChI=1S/C2H8O2SSi/c3-5(4)1-2-6/h5H,1-2H2,6H3. The molecule has 38 valence electrons. The van der Waals surface area contributed by atoms with Gasteiger partial charge >= 0.3 is 0 Å². The van der Waals surface area contributed by atoms with Gasteiger partial charge in [0.15, 0.2) is 0 Å². The summed E-state index contributed by atoms with van der Waals surface area (Å²) in [6.45, 7) is 0. The molecule has 0 unspecified atom stereocenters. The van der Waals surface area contributed by atoms with E-state index in [0.717, 1.165) is 16.3 Å². The lowest BCUT2D eigenvalue weighted by Gasteiger charge is -1.72. The lowest BCUT2D eigenvalue weighted by atomic mass is 11.0. The molecule has 0 rings (SSSR count). The molecule has 0 radical (unpaired) electrons. The summed E-state index contributed by atoms with van der Waals surface area (Å²) in [5.74, 6) is 0.390. The number of rotatable bonds is 2. The Balaban J connectivity index is 3.07. The van der Waals surface area contributed by atoms with Gasteiger partial charge in [0, 0.05) is 16.0 Å². The van der Waals surface area contributed by atoms with Crippen molar-refractivity contribution in [3.8, 4) is 0 Å². The van der Waals surface area contributed by atoms with Gasteiger partial charge in [0.2, 0.25) is 0 Å². The van der Waals surface area contributed by atoms with Crippen LogP contribution in [-0.4, -0.2) is 24.4 Å². The summed E-state index contributed by atoms with van der Waals surface area (Å²) in [4.78, 5) is 0. The molecule has 0 aromatic rings. The normalized spacial score (nSPS) is 10.2. The van der Waals surface area contributed by atoms with Gasteiger partial charge < -0.3 is 0 Å². The quantitative estimate of drug-likeness (QED) is 0.355. The van der Waals surface area contributed by atoms with E-state index in [4.69, 9.17) is 0 Å². The van der Waals surface area contributed by atoms with Crippen molar-refractivity contribution in [2.45, 2.75) is 6.04 Å². The average Bonchev–Trinajstić information content (AvgIpc) is 1.35. The fraction of sp³-hybridized carbons (Fsp3) is 1.00. The lowest BCUT2D eigenvalue weighted by Crippen LogP contribution is -1.82. The Kier molecular flexibility index (Phi) is 3.45. The first kappa shape index (κ1) is 6.17. The molecule has 0 fully saturated rings. The van der Waals surface area contributed by atoms with Crippen LogP contribution in [0.25, 0.3) is 0 Å². The van der Waals surface area contributed by atoms with Crippen molar-refractivity contribution in [1.29, 1.82) is 0 Å². The van der Waals surface area contributed by atoms with Crippen LogP contribution in [0.1, 0.15) is 0 Å². The average molecular weight is 124 g/mol. The number of hydrogen-bond acceptors (Lipinski definition) is 2. The van der Waals surface area contributed by atoms with Gasteiger partial charge in [-0.1, -0.05) is 6.04 Å². The van der Waals surface area contributed by atoms with Crippen LogP contribution in [0, 0.1) is 0 Å². The summed E-state index contributed by atoms with van der Waals surface area (Å²) in [5.41, 5.74) is 0. The highest BCUT2D eigenvalue weighted by atomic mass is 32.2. The molecule has 0 bridgehead atoms. The maximum Gasteiger partial charge on any atom is 0.139 e. The first-order valence-electron chi connectivity index (χ1n) is 1.89. The van der Waals surface area contributed by atoms with Crippen LogP contribution in [-0.2, 0) is 10.7 Å². The molecule has 0 aliphatic heterocycles. The van der Waals surface area contributed by atoms with Gasteiger partial charge in [-0.2, -0.15) is 0 Å². The molecule has 6 heavy (non-hydrogen) atoms. The van der Waals surface area contributed by atoms with Gasteiger partial charge in [0.05, 0.1) is 0 Å². The zero-order valence-electron chi connectivity index (χ0n) is 3.68. The maximum absolute atomic E-state index is 9.66. The van der Waals surface area contributed by atoms with Crippen molar-refractivity contribution in [2.24, 2.45) is 0 Å². The second-order valence-corrected chi connectivity index (χ2v) is 3.17. The highest BCUT2D eigenvalue weighted by molar-refractivity contribution is 7.72. The summed E-state index contributed by atoms with van der Waals surface area (Å²) in [5, 5.41) is 0. The zero-order valence-corrected chi connectivity index (χ0v) is 6.57. The third-order valence-electron chi connectivity index (χ3n) is 0.406. The lowest BCUT2D eigenvalue weighted by molar-refractivity contribution is 0.615. The largest absolute Gasteiger partial charge is 0.232 e. The van der Waals surface area contributed by atoms with Crippen molar-refractivity contribution >= 4 is 20.9 Å². The van der Waals surface area contributed by atoms with Crippen LogP contribution in [0.15, 0.2) is 0 Å². The van der Waals surface area contributed by atoms with Crippen LogP contribution in [0.2, 0.25) is 6.04 Å². The summed E-state index contributed by atoms with van der Waals surface area (Å²) in [7, 11) is -1.06. The van der Waals surface area contributed by atoms with E-state index in [9.17, 15) is 8.42 Å². The highest BCUT2D eigenvalue weighted by Gasteiger charge is 1.76. The van der Waals surface area contributed by atoms with Gasteiger partial charge in [-0.25, -0.2) is 8.42 Å². The van der Waals surface area contributed by atoms with E-state index in [-0.39, 0.29) is 0 Å². The smallest absolute Gasteiger partial charge is 0.139 e. The van der Waals surface area contributed by atoms with E-state index >= 15 is 0 Å². The molecule has 0 saturated carbocycles. The van der Waals surface area contributed by atoms with Gasteiger partial charge in [-0.3, -0.25) is 0 Å². The van der Waals surface area contributed by atoms with E-state index in [1.54, 1.807) is 0 Å². The topological polar surface area (TPSA) is 34.1 Å². The molecule has 2 nitrogen and oxygen atoms in total. The van der Waals surface area contributed by atoms with Crippen LogP contribution in [0.4, 0.5) is 0 Å². The van der Waals surface area contributed by atoms with E-state index < -0.39 is 10.7 Å². The highest BCUT2D eigenvalue weighted by Crippen LogP contribution is 1.68. The SMILES string of the molecule is O=[SH](=O)CC[SiH3]. The fourth-order valence-corrected chi connectivity index (χ4v) is 1.64. The molecule has 0 aromatic carbocycles. The molecular formula is C2H8O2SSi. The minimum Gasteiger partial charge on any atom is -0.232 e. The third kappa shape index (κ3) is 4.17. The van der Waals surface area contributed by atoms with Gasteiger partial charge in [0.25, 0.3) is 0 Å². The minimum absolute atomic E-state index is 0.390. The van der Waals surface area contributed by atoms with Crippen molar-refractivity contribution in [1.82, 2.24) is 0 Å². The molecule has 0 heterocycles. The molecule has 0 aromatic heterocycles. The predicted molar refractivity (Wildman–Crippen MR) is 29.9 cm³/mol.